The predicted molar refractivity (Wildman–Crippen MR) is 62.2 cm³/mol. The summed E-state index contributed by atoms with van der Waals surface area (Å²) in [6.07, 6.45) is 0. The highest BCUT2D eigenvalue weighted by Gasteiger charge is 2.16. The van der Waals surface area contributed by atoms with Crippen LogP contribution in [0, 0.1) is 0 Å². The molecule has 1 aromatic carbocycles. The van der Waals surface area contributed by atoms with Crippen LogP contribution in [-0.4, -0.2) is 10.5 Å². The minimum Gasteiger partial charge on any atom is -0.276 e. The first kappa shape index (κ1) is 12.2. The molecule has 0 aliphatic heterocycles. The van der Waals surface area contributed by atoms with Crippen molar-refractivity contribution in [2.24, 2.45) is 0 Å². The van der Waals surface area contributed by atoms with Gasteiger partial charge in [-0.25, -0.2) is 0 Å². The van der Waals surface area contributed by atoms with Crippen LogP contribution in [0.2, 0.25) is 0 Å². The maximum Gasteiger partial charge on any atom is 0.253 e. The zero-order valence-corrected chi connectivity index (χ0v) is 11.2. The van der Waals surface area contributed by atoms with Crippen LogP contribution in [0.15, 0.2) is 21.1 Å². The summed E-state index contributed by atoms with van der Waals surface area (Å²) < 4.78 is 0.841. The monoisotopic (exact) mass is 358 g/mol. The van der Waals surface area contributed by atoms with Gasteiger partial charge in [-0.15, -0.1) is 0 Å². The van der Waals surface area contributed by atoms with Gasteiger partial charge in [0, 0.05) is 20.1 Å². The van der Waals surface area contributed by atoms with Crippen LogP contribution in [0.1, 0.15) is 20.7 Å². The van der Waals surface area contributed by atoms with Crippen molar-refractivity contribution in [1.82, 2.24) is 0 Å². The van der Waals surface area contributed by atoms with Gasteiger partial charge >= 0.3 is 0 Å². The van der Waals surface area contributed by atoms with Crippen LogP contribution >= 0.6 is 55.1 Å². The van der Waals surface area contributed by atoms with Gasteiger partial charge in [0.25, 0.3) is 10.5 Å². The number of carbonyl (C=O) groups excluding carboxylic acids is 2. The van der Waals surface area contributed by atoms with Gasteiger partial charge in [0.15, 0.2) is 0 Å². The van der Waals surface area contributed by atoms with Crippen molar-refractivity contribution in [3.05, 3.63) is 32.2 Å². The van der Waals surface area contributed by atoms with Crippen LogP contribution in [0.25, 0.3) is 0 Å². The Bertz CT molecular complexity index is 379. The molecule has 0 saturated heterocycles. The Kier molecular flexibility index (Phi) is 4.13. The Morgan fingerprint density at radius 2 is 1.21 bits per heavy atom. The minimum absolute atomic E-state index is 0.278. The van der Waals surface area contributed by atoms with E-state index in [-0.39, 0.29) is 11.1 Å². The Morgan fingerprint density at radius 1 is 0.929 bits per heavy atom. The third-order valence-electron chi connectivity index (χ3n) is 1.51. The summed E-state index contributed by atoms with van der Waals surface area (Å²) in [5.41, 5.74) is 0.556. The normalized spacial score (nSPS) is 10.0. The number of hydrogen-bond donors (Lipinski definition) is 0. The molecule has 0 bridgehead atoms. The molecule has 14 heavy (non-hydrogen) atoms. The molecule has 0 saturated carbocycles. The largest absolute Gasteiger partial charge is 0.276 e. The molecule has 0 aromatic heterocycles. The first-order chi connectivity index (χ1) is 6.45. The third kappa shape index (κ3) is 2.37. The second-order valence-corrected chi connectivity index (χ2v) is 4.61. The fraction of sp³-hybridized carbons (Fsp3) is 0. The molecule has 0 aliphatic rings. The lowest BCUT2D eigenvalue weighted by atomic mass is 10.2. The van der Waals surface area contributed by atoms with Gasteiger partial charge in [0.1, 0.15) is 0 Å². The Morgan fingerprint density at radius 3 is 1.43 bits per heavy atom. The van der Waals surface area contributed by atoms with Crippen molar-refractivity contribution in [1.29, 1.82) is 0 Å². The molecule has 1 aromatic rings. The van der Waals surface area contributed by atoms with E-state index in [1.807, 2.05) is 0 Å². The third-order valence-corrected chi connectivity index (χ3v) is 4.09. The highest BCUT2D eigenvalue weighted by atomic mass is 79.9. The lowest BCUT2D eigenvalue weighted by Gasteiger charge is -2.04. The highest BCUT2D eigenvalue weighted by Crippen LogP contribution is 2.31. The number of halogens is 4. The van der Waals surface area contributed by atoms with Gasteiger partial charge in [-0.1, -0.05) is 0 Å². The molecule has 0 atom stereocenters. The van der Waals surface area contributed by atoms with Crippen LogP contribution < -0.4 is 0 Å². The number of carbonyl (C=O) groups is 2. The van der Waals surface area contributed by atoms with Crippen molar-refractivity contribution < 1.29 is 9.59 Å². The average molecular weight is 361 g/mol. The molecule has 0 spiro atoms. The van der Waals surface area contributed by atoms with Crippen molar-refractivity contribution >= 4 is 65.5 Å². The van der Waals surface area contributed by atoms with E-state index in [9.17, 15) is 9.59 Å². The summed E-state index contributed by atoms with van der Waals surface area (Å²) in [4.78, 5) is 21.8. The minimum atomic E-state index is -0.605. The molecule has 0 aliphatic carbocycles. The van der Waals surface area contributed by atoms with E-state index in [0.29, 0.717) is 8.95 Å². The molecule has 74 valence electrons. The molecule has 6 heteroatoms. The molecule has 1 rings (SSSR count). The van der Waals surface area contributed by atoms with Crippen LogP contribution in [0.4, 0.5) is 0 Å². The summed E-state index contributed by atoms with van der Waals surface area (Å²) in [5.74, 6) is 0. The van der Waals surface area contributed by atoms with Crippen LogP contribution in [-0.2, 0) is 0 Å². The van der Waals surface area contributed by atoms with Gasteiger partial charge in [-0.3, -0.25) is 9.59 Å². The number of hydrogen-bond acceptors (Lipinski definition) is 2. The van der Waals surface area contributed by atoms with Crippen LogP contribution in [0.5, 0.6) is 0 Å². The average Bonchev–Trinajstić information content (AvgIpc) is 2.08. The lowest BCUT2D eigenvalue weighted by molar-refractivity contribution is 0.106. The number of benzene rings is 1. The van der Waals surface area contributed by atoms with E-state index < -0.39 is 10.5 Å². The summed E-state index contributed by atoms with van der Waals surface area (Å²) in [5, 5.41) is -1.21. The lowest BCUT2D eigenvalue weighted by Crippen LogP contribution is -1.97. The van der Waals surface area contributed by atoms with E-state index in [4.69, 9.17) is 23.2 Å². The first-order valence-electron chi connectivity index (χ1n) is 3.32. The van der Waals surface area contributed by atoms with Gasteiger partial charge in [0.05, 0.1) is 0 Å². The topological polar surface area (TPSA) is 34.1 Å². The standard InChI is InChI=1S/C8H2Br2Cl2O2/c9-5-3(7(11)13)1-2-4(6(5)10)8(12)14/h1-2H. The van der Waals surface area contributed by atoms with Gasteiger partial charge in [-0.05, 0) is 67.2 Å². The quantitative estimate of drug-likeness (QED) is 0.748. The Balaban J connectivity index is 3.41. The van der Waals surface area contributed by atoms with E-state index in [1.165, 1.54) is 12.1 Å². The van der Waals surface area contributed by atoms with E-state index in [0.717, 1.165) is 0 Å². The molecule has 0 fully saturated rings. The zero-order chi connectivity index (χ0) is 10.9. The second kappa shape index (κ2) is 4.75. The van der Waals surface area contributed by atoms with Crippen LogP contribution in [0.3, 0.4) is 0 Å². The Hall–Kier alpha value is 0.1000. The molecule has 0 radical (unpaired) electrons. The maximum absolute atomic E-state index is 10.9. The summed E-state index contributed by atoms with van der Waals surface area (Å²) in [6.45, 7) is 0. The van der Waals surface area contributed by atoms with Gasteiger partial charge < -0.3 is 0 Å². The molecule has 0 amide bonds. The first-order valence-corrected chi connectivity index (χ1v) is 5.67. The molecule has 0 unspecified atom stereocenters. The number of rotatable bonds is 2. The summed E-state index contributed by atoms with van der Waals surface area (Å²) in [7, 11) is 0. The van der Waals surface area contributed by atoms with E-state index >= 15 is 0 Å². The van der Waals surface area contributed by atoms with Gasteiger partial charge in [-0.2, -0.15) is 0 Å². The van der Waals surface area contributed by atoms with Crippen molar-refractivity contribution in [2.75, 3.05) is 0 Å². The molecule has 0 heterocycles. The van der Waals surface area contributed by atoms with Crippen molar-refractivity contribution in [2.45, 2.75) is 0 Å². The highest BCUT2D eigenvalue weighted by molar-refractivity contribution is 9.13. The fourth-order valence-corrected chi connectivity index (χ4v) is 2.45. The Labute approximate surface area is 107 Å². The smallest absolute Gasteiger partial charge is 0.253 e. The zero-order valence-electron chi connectivity index (χ0n) is 6.48. The molecular formula is C8H2Br2Cl2O2. The fourth-order valence-electron chi connectivity index (χ4n) is 0.853. The SMILES string of the molecule is O=C(Cl)c1ccc(C(=O)Cl)c(Br)c1Br. The molecular weight excluding hydrogens is 359 g/mol. The van der Waals surface area contributed by atoms with Crippen molar-refractivity contribution in [3.8, 4) is 0 Å². The van der Waals surface area contributed by atoms with Gasteiger partial charge in [0.2, 0.25) is 0 Å². The van der Waals surface area contributed by atoms with Crippen molar-refractivity contribution in [3.63, 3.8) is 0 Å². The van der Waals surface area contributed by atoms with E-state index in [2.05, 4.69) is 31.9 Å². The summed E-state index contributed by atoms with van der Waals surface area (Å²) in [6, 6.07) is 2.86. The maximum atomic E-state index is 10.9. The van der Waals surface area contributed by atoms with E-state index in [1.54, 1.807) is 0 Å². The molecule has 2 nitrogen and oxygen atoms in total. The predicted octanol–water partition coefficient (Wildman–Crippen LogP) is 3.97. The second-order valence-electron chi connectivity index (χ2n) is 2.34. The molecule has 0 N–H and O–H groups in total. The summed E-state index contributed by atoms with van der Waals surface area (Å²) >= 11 is 16.9.